The Morgan fingerprint density at radius 3 is 2.40 bits per heavy atom. The summed E-state index contributed by atoms with van der Waals surface area (Å²) >= 11 is 0. The van der Waals surface area contributed by atoms with Crippen molar-refractivity contribution in [2.75, 3.05) is 27.7 Å². The Kier molecular flexibility index (Phi) is 6.67. The Morgan fingerprint density at radius 1 is 1.03 bits per heavy atom. The highest BCUT2D eigenvalue weighted by molar-refractivity contribution is 5.69. The third-order valence-corrected chi connectivity index (χ3v) is 5.17. The van der Waals surface area contributed by atoms with Gasteiger partial charge in [0.2, 0.25) is 0 Å². The topological polar surface area (TPSA) is 44.1 Å². The summed E-state index contributed by atoms with van der Waals surface area (Å²) in [7, 11) is 6.44. The summed E-state index contributed by atoms with van der Waals surface area (Å²) in [5.74, 6) is 0.797. The normalized spacial score (nSPS) is 13.6. The summed E-state index contributed by atoms with van der Waals surface area (Å²) in [4.78, 5) is 12.7. The monoisotopic (exact) mass is 517 g/mol. The number of ether oxygens (including phenoxy) is 1. The van der Waals surface area contributed by atoms with Gasteiger partial charge in [0.05, 0.1) is 32.5 Å². The van der Waals surface area contributed by atoms with Crippen LogP contribution >= 0.6 is 0 Å². The molecule has 30 heavy (non-hydrogen) atoms. The first-order valence-corrected chi connectivity index (χ1v) is 10.1. The Labute approximate surface area is 194 Å². The van der Waals surface area contributed by atoms with Crippen LogP contribution in [0.4, 0.5) is 0 Å². The molecule has 3 aromatic rings. The Bertz CT molecular complexity index is 1080. The third-order valence-electron chi connectivity index (χ3n) is 5.17. The lowest BCUT2D eigenvalue weighted by Gasteiger charge is -2.27. The first-order chi connectivity index (χ1) is 13.8. The fourth-order valence-electron chi connectivity index (χ4n) is 4.04. The summed E-state index contributed by atoms with van der Waals surface area (Å²) in [5, 5.41) is 4.72. The Morgan fingerprint density at radius 2 is 1.70 bits per heavy atom. The van der Waals surface area contributed by atoms with E-state index in [-0.39, 0.29) is 35.6 Å². The van der Waals surface area contributed by atoms with Crippen molar-refractivity contribution < 1.29 is 33.2 Å². The minimum atomic E-state index is -0.102. The van der Waals surface area contributed by atoms with Gasteiger partial charge < -0.3 is 33.2 Å². The SMILES string of the molecule is CC(C[N+](C)(C)C)Oc1ccc(-n2nc3c(cc2=O)CCc2ccccc2-3)cc1.[I-]. The van der Waals surface area contributed by atoms with Crippen LogP contribution in [0.3, 0.4) is 0 Å². The largest absolute Gasteiger partial charge is 1.00 e. The summed E-state index contributed by atoms with van der Waals surface area (Å²) in [6, 6.07) is 17.6. The van der Waals surface area contributed by atoms with E-state index in [0.717, 1.165) is 52.1 Å². The third kappa shape index (κ3) is 4.92. The number of hydrogen-bond acceptors (Lipinski definition) is 3. The molecule has 1 aliphatic rings. The van der Waals surface area contributed by atoms with E-state index in [1.807, 2.05) is 30.3 Å². The first-order valence-electron chi connectivity index (χ1n) is 10.1. The number of nitrogens with zero attached hydrogens (tertiary/aromatic N) is 3. The van der Waals surface area contributed by atoms with Crippen LogP contribution in [0.5, 0.6) is 5.75 Å². The highest BCUT2D eigenvalue weighted by Gasteiger charge is 2.19. The van der Waals surface area contributed by atoms with Crippen molar-refractivity contribution in [3.8, 4) is 22.7 Å². The zero-order valence-corrected chi connectivity index (χ0v) is 20.1. The van der Waals surface area contributed by atoms with Gasteiger partial charge in [-0.1, -0.05) is 24.3 Å². The van der Waals surface area contributed by atoms with Gasteiger partial charge in [-0.05, 0) is 55.2 Å². The number of benzene rings is 2. The minimum Gasteiger partial charge on any atom is -1.00 e. The van der Waals surface area contributed by atoms with Crippen LogP contribution < -0.4 is 34.3 Å². The van der Waals surface area contributed by atoms with Crippen LogP contribution in [0.1, 0.15) is 18.1 Å². The summed E-state index contributed by atoms with van der Waals surface area (Å²) < 4.78 is 8.35. The van der Waals surface area contributed by atoms with Crippen molar-refractivity contribution >= 4 is 0 Å². The maximum absolute atomic E-state index is 12.7. The second-order valence-corrected chi connectivity index (χ2v) is 8.82. The molecular formula is C24H28IN3O2. The molecule has 0 fully saturated rings. The van der Waals surface area contributed by atoms with E-state index in [1.54, 1.807) is 6.07 Å². The number of fused-ring (bicyclic) bond motifs is 3. The van der Waals surface area contributed by atoms with E-state index in [2.05, 4.69) is 46.3 Å². The molecule has 5 nitrogen and oxygen atoms in total. The van der Waals surface area contributed by atoms with Gasteiger partial charge >= 0.3 is 0 Å². The lowest BCUT2D eigenvalue weighted by Crippen LogP contribution is -3.00. The number of aryl methyl sites for hydroxylation is 2. The van der Waals surface area contributed by atoms with Crippen molar-refractivity contribution in [3.05, 3.63) is 76.1 Å². The number of halogens is 1. The minimum absolute atomic E-state index is 0. The predicted octanol–water partition coefficient (Wildman–Crippen LogP) is 0.476. The molecule has 0 saturated carbocycles. The molecular weight excluding hydrogens is 489 g/mol. The highest BCUT2D eigenvalue weighted by Crippen LogP contribution is 2.31. The van der Waals surface area contributed by atoms with Crippen LogP contribution in [0.25, 0.3) is 16.9 Å². The van der Waals surface area contributed by atoms with Crippen molar-refractivity contribution in [1.82, 2.24) is 9.78 Å². The van der Waals surface area contributed by atoms with Gasteiger partial charge in [0.25, 0.3) is 5.56 Å². The van der Waals surface area contributed by atoms with Gasteiger partial charge in [0.15, 0.2) is 0 Å². The van der Waals surface area contributed by atoms with Crippen LogP contribution in [0.15, 0.2) is 59.4 Å². The number of quaternary nitrogens is 1. The molecule has 0 N–H and O–H groups in total. The van der Waals surface area contributed by atoms with Crippen LogP contribution in [0.2, 0.25) is 0 Å². The van der Waals surface area contributed by atoms with Crippen LogP contribution in [-0.2, 0) is 12.8 Å². The van der Waals surface area contributed by atoms with Gasteiger partial charge in [0.1, 0.15) is 18.4 Å². The lowest BCUT2D eigenvalue weighted by molar-refractivity contribution is -0.872. The zero-order valence-electron chi connectivity index (χ0n) is 17.9. The molecule has 0 saturated heterocycles. The van der Waals surface area contributed by atoms with Crippen molar-refractivity contribution in [1.29, 1.82) is 0 Å². The maximum atomic E-state index is 12.7. The van der Waals surface area contributed by atoms with Gasteiger partial charge in [-0.2, -0.15) is 9.78 Å². The molecule has 0 spiro atoms. The maximum Gasteiger partial charge on any atom is 0.271 e. The molecule has 1 atom stereocenters. The van der Waals surface area contributed by atoms with Crippen molar-refractivity contribution in [3.63, 3.8) is 0 Å². The van der Waals surface area contributed by atoms with E-state index in [4.69, 9.17) is 9.84 Å². The Balaban J connectivity index is 0.00000256. The first kappa shape index (κ1) is 22.5. The fourth-order valence-corrected chi connectivity index (χ4v) is 4.04. The molecule has 2 aromatic carbocycles. The van der Waals surface area contributed by atoms with E-state index >= 15 is 0 Å². The molecule has 0 radical (unpaired) electrons. The molecule has 1 unspecified atom stereocenters. The molecule has 1 aliphatic carbocycles. The van der Waals surface area contributed by atoms with Gasteiger partial charge in [-0.25, -0.2) is 0 Å². The van der Waals surface area contributed by atoms with E-state index in [1.165, 1.54) is 10.2 Å². The van der Waals surface area contributed by atoms with Crippen LogP contribution in [-0.4, -0.2) is 48.1 Å². The second-order valence-electron chi connectivity index (χ2n) is 8.82. The highest BCUT2D eigenvalue weighted by atomic mass is 127. The number of likely N-dealkylation sites (N-methyl/N-ethyl adjacent to an activating group) is 1. The average molecular weight is 517 g/mol. The number of rotatable bonds is 5. The van der Waals surface area contributed by atoms with Crippen molar-refractivity contribution in [2.45, 2.75) is 25.9 Å². The van der Waals surface area contributed by atoms with Gasteiger partial charge in [-0.15, -0.1) is 0 Å². The molecule has 4 rings (SSSR count). The van der Waals surface area contributed by atoms with Gasteiger partial charge in [0, 0.05) is 11.6 Å². The van der Waals surface area contributed by atoms with Crippen LogP contribution in [0, 0.1) is 0 Å². The second kappa shape index (κ2) is 8.89. The standard InChI is InChI=1S/C24H28N3O2.HI/c1-17(16-27(2,3)4)29-21-13-11-20(12-14-21)26-23(28)15-19-10-9-18-7-5-6-8-22(18)24(19)25-26;/h5-8,11-15,17H,9-10,16H2,1-4H3;1H/q+1;/p-1. The van der Waals surface area contributed by atoms with Crippen molar-refractivity contribution in [2.24, 2.45) is 0 Å². The van der Waals surface area contributed by atoms with E-state index in [0.29, 0.717) is 0 Å². The smallest absolute Gasteiger partial charge is 0.271 e. The summed E-state index contributed by atoms with van der Waals surface area (Å²) in [6.07, 6.45) is 1.90. The summed E-state index contributed by atoms with van der Waals surface area (Å²) in [5.41, 5.74) is 4.98. The van der Waals surface area contributed by atoms with E-state index < -0.39 is 0 Å². The Hall–Kier alpha value is -2.19. The average Bonchev–Trinajstić information content (AvgIpc) is 2.66. The zero-order chi connectivity index (χ0) is 20.6. The molecule has 6 heteroatoms. The number of hydrogen-bond donors (Lipinski definition) is 0. The van der Waals surface area contributed by atoms with E-state index in [9.17, 15) is 4.79 Å². The lowest BCUT2D eigenvalue weighted by atomic mass is 9.89. The molecule has 0 bridgehead atoms. The molecule has 1 aromatic heterocycles. The molecule has 1 heterocycles. The predicted molar refractivity (Wildman–Crippen MR) is 116 cm³/mol. The van der Waals surface area contributed by atoms with Gasteiger partial charge in [-0.3, -0.25) is 4.79 Å². The number of aromatic nitrogens is 2. The molecule has 0 amide bonds. The molecule has 0 aliphatic heterocycles. The summed E-state index contributed by atoms with van der Waals surface area (Å²) in [6.45, 7) is 2.98. The molecule has 158 valence electrons. The quantitative estimate of drug-likeness (QED) is 0.366. The fraction of sp³-hybridized carbons (Fsp3) is 0.333.